The van der Waals surface area contributed by atoms with Crippen molar-refractivity contribution in [1.82, 2.24) is 0 Å². The van der Waals surface area contributed by atoms with E-state index in [1.165, 1.54) is 12.2 Å². The van der Waals surface area contributed by atoms with Gasteiger partial charge in [-0.15, -0.1) is 0 Å². The fourth-order valence-electron chi connectivity index (χ4n) is 1.90. The number of thioether (sulfide) groups is 1. The minimum atomic E-state index is -0.336. The van der Waals surface area contributed by atoms with Crippen molar-refractivity contribution in [1.29, 1.82) is 0 Å². The number of hydrogen-bond acceptors (Lipinski definition) is 4. The Hall–Kier alpha value is -0.500. The fraction of sp³-hybridized carbons (Fsp3) is 0.455. The Balaban J connectivity index is 2.21. The molecule has 92 valence electrons. The zero-order chi connectivity index (χ0) is 12.4. The van der Waals surface area contributed by atoms with Crippen molar-refractivity contribution in [3.05, 3.63) is 31.9 Å². The molecule has 1 fully saturated rings. The van der Waals surface area contributed by atoms with Gasteiger partial charge < -0.3 is 4.90 Å². The van der Waals surface area contributed by atoms with E-state index in [1.54, 1.807) is 6.07 Å². The summed E-state index contributed by atoms with van der Waals surface area (Å²) in [5, 5.41) is 10.7. The Bertz CT molecular complexity index is 435. The van der Waals surface area contributed by atoms with Crippen molar-refractivity contribution in [2.75, 3.05) is 23.5 Å². The molecule has 1 atom stereocenters. The van der Waals surface area contributed by atoms with E-state index in [-0.39, 0.29) is 10.6 Å². The molecule has 0 radical (unpaired) electrons. The van der Waals surface area contributed by atoms with Crippen LogP contribution in [0.25, 0.3) is 0 Å². The average molecular weight is 364 g/mol. The first-order valence-corrected chi connectivity index (χ1v) is 7.57. The Morgan fingerprint density at radius 2 is 2.35 bits per heavy atom. The van der Waals surface area contributed by atoms with E-state index in [2.05, 4.69) is 11.9 Å². The van der Waals surface area contributed by atoms with Gasteiger partial charge in [0.2, 0.25) is 0 Å². The van der Waals surface area contributed by atoms with Crippen molar-refractivity contribution in [3.63, 3.8) is 0 Å². The van der Waals surface area contributed by atoms with Crippen LogP contribution in [0.5, 0.6) is 0 Å². The molecule has 0 aliphatic carbocycles. The minimum Gasteiger partial charge on any atom is -0.371 e. The van der Waals surface area contributed by atoms with Gasteiger partial charge in [0.25, 0.3) is 5.69 Å². The zero-order valence-electron chi connectivity index (χ0n) is 9.43. The largest absolute Gasteiger partial charge is 0.371 e. The predicted molar refractivity (Wildman–Crippen MR) is 79.9 cm³/mol. The number of anilines is 1. The lowest BCUT2D eigenvalue weighted by molar-refractivity contribution is -0.385. The second-order valence-corrected chi connectivity index (χ2v) is 6.33. The lowest BCUT2D eigenvalue weighted by atomic mass is 10.2. The maximum atomic E-state index is 10.7. The number of hydrogen-bond donors (Lipinski definition) is 0. The van der Waals surface area contributed by atoms with Gasteiger partial charge in [-0.3, -0.25) is 10.1 Å². The van der Waals surface area contributed by atoms with Gasteiger partial charge in [0.15, 0.2) is 0 Å². The molecule has 0 bridgehead atoms. The van der Waals surface area contributed by atoms with Crippen molar-refractivity contribution >= 4 is 45.7 Å². The lowest BCUT2D eigenvalue weighted by Gasteiger charge is -2.26. The van der Waals surface area contributed by atoms with Crippen molar-refractivity contribution in [2.24, 2.45) is 0 Å². The highest BCUT2D eigenvalue weighted by Gasteiger charge is 2.21. The molecule has 1 saturated heterocycles. The Morgan fingerprint density at radius 1 is 1.59 bits per heavy atom. The van der Waals surface area contributed by atoms with Crippen LogP contribution in [0.15, 0.2) is 18.2 Å². The molecule has 1 unspecified atom stereocenters. The highest BCUT2D eigenvalue weighted by Crippen LogP contribution is 2.30. The third kappa shape index (κ3) is 2.85. The first-order chi connectivity index (χ1) is 8.09. The summed E-state index contributed by atoms with van der Waals surface area (Å²) in [6.07, 6.45) is 1.19. The smallest absolute Gasteiger partial charge is 0.282 e. The molecule has 1 aromatic carbocycles. The van der Waals surface area contributed by atoms with Crippen LogP contribution in [0.2, 0.25) is 0 Å². The van der Waals surface area contributed by atoms with E-state index in [1.807, 2.05) is 46.5 Å². The summed E-state index contributed by atoms with van der Waals surface area (Å²) in [7, 11) is 2.06. The highest BCUT2D eigenvalue weighted by molar-refractivity contribution is 14.1. The third-order valence-corrected chi connectivity index (χ3v) is 5.00. The van der Waals surface area contributed by atoms with E-state index in [9.17, 15) is 10.1 Å². The van der Waals surface area contributed by atoms with Gasteiger partial charge in [0.1, 0.15) is 0 Å². The van der Waals surface area contributed by atoms with Crippen LogP contribution in [-0.4, -0.2) is 29.5 Å². The van der Waals surface area contributed by atoms with Crippen LogP contribution in [0.3, 0.4) is 0 Å². The predicted octanol–water partition coefficient (Wildman–Crippen LogP) is 3.14. The molecular formula is C11H13IN2O2S. The lowest BCUT2D eigenvalue weighted by Crippen LogP contribution is -2.31. The van der Waals surface area contributed by atoms with E-state index < -0.39 is 0 Å². The van der Waals surface area contributed by atoms with E-state index in [0.29, 0.717) is 9.61 Å². The number of nitro benzene ring substituents is 1. The van der Waals surface area contributed by atoms with Crippen LogP contribution in [-0.2, 0) is 0 Å². The summed E-state index contributed by atoms with van der Waals surface area (Å²) in [6.45, 7) is 0. The quantitative estimate of drug-likeness (QED) is 0.470. The molecule has 2 rings (SSSR count). The monoisotopic (exact) mass is 364 g/mol. The normalized spacial score (nSPS) is 19.3. The van der Waals surface area contributed by atoms with Crippen molar-refractivity contribution in [2.45, 2.75) is 12.5 Å². The summed E-state index contributed by atoms with van der Waals surface area (Å²) in [5.41, 5.74) is 1.25. The van der Waals surface area contributed by atoms with Gasteiger partial charge in [0.05, 0.1) is 8.49 Å². The number of rotatable bonds is 3. The van der Waals surface area contributed by atoms with Gasteiger partial charge in [-0.05, 0) is 46.9 Å². The molecule has 6 heteroatoms. The van der Waals surface area contributed by atoms with Gasteiger partial charge in [-0.1, -0.05) is 0 Å². The summed E-state index contributed by atoms with van der Waals surface area (Å²) < 4.78 is 0.697. The molecule has 1 heterocycles. The van der Waals surface area contributed by atoms with Crippen molar-refractivity contribution in [3.8, 4) is 0 Å². The number of halogens is 1. The average Bonchev–Trinajstić information content (AvgIpc) is 2.80. The molecule has 0 aromatic heterocycles. The van der Waals surface area contributed by atoms with Crippen LogP contribution in [0.4, 0.5) is 11.4 Å². The van der Waals surface area contributed by atoms with Gasteiger partial charge in [-0.25, -0.2) is 0 Å². The van der Waals surface area contributed by atoms with E-state index in [0.717, 1.165) is 11.4 Å². The first-order valence-electron chi connectivity index (χ1n) is 5.34. The maximum absolute atomic E-state index is 10.7. The molecule has 0 N–H and O–H groups in total. The maximum Gasteiger partial charge on any atom is 0.282 e. The SMILES string of the molecule is CN(c1ccc([N+](=O)[O-])c(I)c1)C1CCSC1. The summed E-state index contributed by atoms with van der Waals surface area (Å²) in [4.78, 5) is 12.6. The molecule has 1 aliphatic rings. The minimum absolute atomic E-state index is 0.184. The van der Waals surface area contributed by atoms with E-state index >= 15 is 0 Å². The molecule has 1 aromatic rings. The molecule has 0 spiro atoms. The fourth-order valence-corrected chi connectivity index (χ4v) is 3.87. The standard InChI is InChI=1S/C11H13IN2O2S/c1-13(9-4-5-17-7-9)8-2-3-11(14(15)16)10(12)6-8/h2-3,6,9H,4-5,7H2,1H3. The second kappa shape index (κ2) is 5.43. The number of nitrogens with zero attached hydrogens (tertiary/aromatic N) is 2. The second-order valence-electron chi connectivity index (χ2n) is 4.02. The number of benzene rings is 1. The van der Waals surface area contributed by atoms with Crippen LogP contribution < -0.4 is 4.90 Å². The van der Waals surface area contributed by atoms with Crippen molar-refractivity contribution < 1.29 is 4.92 Å². The van der Waals surface area contributed by atoms with Crippen LogP contribution in [0.1, 0.15) is 6.42 Å². The zero-order valence-corrected chi connectivity index (χ0v) is 12.4. The van der Waals surface area contributed by atoms with Crippen LogP contribution >= 0.6 is 34.4 Å². The van der Waals surface area contributed by atoms with Gasteiger partial charge in [-0.2, -0.15) is 11.8 Å². The Morgan fingerprint density at radius 3 is 2.88 bits per heavy atom. The summed E-state index contributed by atoms with van der Waals surface area (Å²) >= 11 is 3.99. The summed E-state index contributed by atoms with van der Waals surface area (Å²) in [6, 6.07) is 5.87. The molecule has 0 saturated carbocycles. The molecule has 17 heavy (non-hydrogen) atoms. The molecule has 1 aliphatic heterocycles. The van der Waals surface area contributed by atoms with Gasteiger partial charge in [0, 0.05) is 30.6 Å². The molecule has 0 amide bonds. The summed E-state index contributed by atoms with van der Waals surface area (Å²) in [5.74, 6) is 2.35. The topological polar surface area (TPSA) is 46.4 Å². The molecule has 4 nitrogen and oxygen atoms in total. The van der Waals surface area contributed by atoms with E-state index in [4.69, 9.17) is 0 Å². The Kier molecular flexibility index (Phi) is 4.13. The third-order valence-electron chi connectivity index (χ3n) is 2.99. The highest BCUT2D eigenvalue weighted by atomic mass is 127. The van der Waals surface area contributed by atoms with Crippen LogP contribution in [0, 0.1) is 13.7 Å². The number of nitro groups is 1. The first kappa shape index (κ1) is 12.9. The Labute approximate surface area is 118 Å². The van der Waals surface area contributed by atoms with Gasteiger partial charge >= 0.3 is 0 Å². The molecular weight excluding hydrogens is 351 g/mol.